The van der Waals surface area contributed by atoms with Crippen LogP contribution in [0.5, 0.6) is 0 Å². The van der Waals surface area contributed by atoms with Crippen molar-refractivity contribution in [2.24, 2.45) is 29.1 Å². The summed E-state index contributed by atoms with van der Waals surface area (Å²) in [5.41, 5.74) is 0.703. The van der Waals surface area contributed by atoms with Gasteiger partial charge in [-0.1, -0.05) is 19.3 Å². The van der Waals surface area contributed by atoms with Gasteiger partial charge in [0.1, 0.15) is 0 Å². The van der Waals surface area contributed by atoms with E-state index in [1.165, 1.54) is 32.2 Å². The van der Waals surface area contributed by atoms with Crippen molar-refractivity contribution in [2.75, 3.05) is 6.54 Å². The van der Waals surface area contributed by atoms with E-state index in [0.29, 0.717) is 5.41 Å². The Kier molecular flexibility index (Phi) is 3.17. The molecule has 5 saturated carbocycles. The highest BCUT2D eigenvalue weighted by molar-refractivity contribution is 5.05. The van der Waals surface area contributed by atoms with Crippen molar-refractivity contribution in [1.29, 1.82) is 0 Å². The largest absolute Gasteiger partial charge is 0.314 e. The Morgan fingerprint density at radius 2 is 1.58 bits per heavy atom. The molecule has 0 aromatic carbocycles. The molecule has 5 fully saturated rings. The van der Waals surface area contributed by atoms with Crippen LogP contribution in [0.4, 0.5) is 0 Å². The maximum atomic E-state index is 3.94. The van der Waals surface area contributed by atoms with Crippen LogP contribution in [0.2, 0.25) is 0 Å². The van der Waals surface area contributed by atoms with Crippen LogP contribution in [0.1, 0.15) is 71.1 Å². The molecule has 1 nitrogen and oxygen atoms in total. The van der Waals surface area contributed by atoms with Crippen LogP contribution < -0.4 is 5.32 Å². The Labute approximate surface area is 118 Å². The number of hydrogen-bond donors (Lipinski definition) is 1. The number of rotatable bonds is 5. The van der Waals surface area contributed by atoms with Crippen molar-refractivity contribution in [3.05, 3.63) is 0 Å². The van der Waals surface area contributed by atoms with Crippen LogP contribution in [0.25, 0.3) is 0 Å². The molecule has 5 aliphatic rings. The van der Waals surface area contributed by atoms with Crippen molar-refractivity contribution in [1.82, 2.24) is 5.32 Å². The minimum atomic E-state index is 0.703. The molecule has 0 aromatic rings. The molecule has 0 saturated heterocycles. The lowest BCUT2D eigenvalue weighted by Gasteiger charge is -2.59. The Balaban J connectivity index is 1.34. The lowest BCUT2D eigenvalue weighted by atomic mass is 9.48. The fraction of sp³-hybridized carbons (Fsp3) is 1.00. The van der Waals surface area contributed by atoms with E-state index in [1.807, 2.05) is 0 Å². The summed E-state index contributed by atoms with van der Waals surface area (Å²) < 4.78 is 0. The van der Waals surface area contributed by atoms with E-state index in [0.717, 1.165) is 29.7 Å². The molecule has 1 unspecified atom stereocenters. The topological polar surface area (TPSA) is 12.0 Å². The standard InChI is InChI=1S/C18H31N/c1-13(19-6-5-14-3-2-4-14)18-10-15-7-16(11-18)9-17(8-15)12-18/h13-17,19H,2-12H2,1H3. The zero-order valence-electron chi connectivity index (χ0n) is 12.7. The van der Waals surface area contributed by atoms with E-state index in [2.05, 4.69) is 12.2 Å². The number of hydrogen-bond acceptors (Lipinski definition) is 1. The Morgan fingerprint density at radius 3 is 2.05 bits per heavy atom. The lowest BCUT2D eigenvalue weighted by Crippen LogP contribution is -2.55. The minimum absolute atomic E-state index is 0.703. The highest BCUT2D eigenvalue weighted by Crippen LogP contribution is 2.61. The highest BCUT2D eigenvalue weighted by atomic mass is 14.9. The van der Waals surface area contributed by atoms with Gasteiger partial charge in [-0.2, -0.15) is 0 Å². The summed E-state index contributed by atoms with van der Waals surface area (Å²) in [6.07, 6.45) is 15.3. The van der Waals surface area contributed by atoms with Gasteiger partial charge in [0.05, 0.1) is 0 Å². The van der Waals surface area contributed by atoms with Crippen LogP contribution in [0.15, 0.2) is 0 Å². The minimum Gasteiger partial charge on any atom is -0.314 e. The van der Waals surface area contributed by atoms with E-state index in [9.17, 15) is 0 Å². The van der Waals surface area contributed by atoms with E-state index in [4.69, 9.17) is 0 Å². The molecule has 0 radical (unpaired) electrons. The molecule has 19 heavy (non-hydrogen) atoms. The predicted octanol–water partition coefficient (Wildman–Crippen LogP) is 4.37. The molecule has 0 amide bonds. The molecule has 1 N–H and O–H groups in total. The molecule has 5 aliphatic carbocycles. The van der Waals surface area contributed by atoms with Gasteiger partial charge in [-0.3, -0.25) is 0 Å². The van der Waals surface area contributed by atoms with Crippen LogP contribution in [0, 0.1) is 29.1 Å². The smallest absolute Gasteiger partial charge is 0.00954 e. The normalized spacial score (nSPS) is 46.3. The maximum absolute atomic E-state index is 3.94. The van der Waals surface area contributed by atoms with Gasteiger partial charge < -0.3 is 5.32 Å². The predicted molar refractivity (Wildman–Crippen MR) is 80.0 cm³/mol. The SMILES string of the molecule is CC(NCCC1CCC1)C12CC3CC(CC(C3)C1)C2. The van der Waals surface area contributed by atoms with Gasteiger partial charge >= 0.3 is 0 Å². The zero-order valence-corrected chi connectivity index (χ0v) is 12.7. The van der Waals surface area contributed by atoms with Gasteiger partial charge in [0.2, 0.25) is 0 Å². The summed E-state index contributed by atoms with van der Waals surface area (Å²) in [6.45, 7) is 3.79. The molecule has 108 valence electrons. The Morgan fingerprint density at radius 1 is 1.00 bits per heavy atom. The van der Waals surface area contributed by atoms with Crippen molar-refractivity contribution in [2.45, 2.75) is 77.2 Å². The quantitative estimate of drug-likeness (QED) is 0.775. The van der Waals surface area contributed by atoms with Gasteiger partial charge in [0, 0.05) is 6.04 Å². The average molecular weight is 261 g/mol. The Hall–Kier alpha value is -0.0400. The summed E-state index contributed by atoms with van der Waals surface area (Å²) in [7, 11) is 0. The van der Waals surface area contributed by atoms with Gasteiger partial charge in [-0.05, 0) is 87.5 Å². The third-order valence-electron chi connectivity index (χ3n) is 7.23. The molecule has 4 bridgehead atoms. The second-order valence-electron chi connectivity index (χ2n) is 8.54. The summed E-state index contributed by atoms with van der Waals surface area (Å²) in [5, 5.41) is 3.94. The third-order valence-corrected chi connectivity index (χ3v) is 7.23. The van der Waals surface area contributed by atoms with Crippen LogP contribution in [-0.4, -0.2) is 12.6 Å². The zero-order chi connectivity index (χ0) is 12.9. The van der Waals surface area contributed by atoms with Crippen LogP contribution >= 0.6 is 0 Å². The third kappa shape index (κ3) is 2.26. The first-order valence-electron chi connectivity index (χ1n) is 8.97. The van der Waals surface area contributed by atoms with Crippen molar-refractivity contribution in [3.8, 4) is 0 Å². The molecule has 1 atom stereocenters. The van der Waals surface area contributed by atoms with E-state index < -0.39 is 0 Å². The van der Waals surface area contributed by atoms with Gasteiger partial charge in [0.25, 0.3) is 0 Å². The van der Waals surface area contributed by atoms with E-state index in [1.54, 1.807) is 38.5 Å². The summed E-state index contributed by atoms with van der Waals surface area (Å²) in [6, 6.07) is 0.779. The van der Waals surface area contributed by atoms with Crippen LogP contribution in [-0.2, 0) is 0 Å². The molecule has 1 heteroatoms. The summed E-state index contributed by atoms with van der Waals surface area (Å²) in [4.78, 5) is 0. The first-order chi connectivity index (χ1) is 9.23. The monoisotopic (exact) mass is 261 g/mol. The Bertz CT molecular complexity index is 295. The van der Waals surface area contributed by atoms with Gasteiger partial charge in [-0.25, -0.2) is 0 Å². The lowest BCUT2D eigenvalue weighted by molar-refractivity contribution is -0.0705. The second kappa shape index (κ2) is 4.76. The van der Waals surface area contributed by atoms with Crippen molar-refractivity contribution >= 4 is 0 Å². The maximum Gasteiger partial charge on any atom is 0.00954 e. The van der Waals surface area contributed by atoms with E-state index >= 15 is 0 Å². The highest BCUT2D eigenvalue weighted by Gasteiger charge is 2.52. The van der Waals surface area contributed by atoms with Gasteiger partial charge in [-0.15, -0.1) is 0 Å². The summed E-state index contributed by atoms with van der Waals surface area (Å²) in [5.74, 6) is 4.36. The van der Waals surface area contributed by atoms with Crippen LogP contribution in [0.3, 0.4) is 0 Å². The van der Waals surface area contributed by atoms with Gasteiger partial charge in [0.15, 0.2) is 0 Å². The van der Waals surface area contributed by atoms with Crippen molar-refractivity contribution < 1.29 is 0 Å². The molecular formula is C18H31N. The number of nitrogens with one attached hydrogen (secondary N) is 1. The molecular weight excluding hydrogens is 230 g/mol. The fourth-order valence-electron chi connectivity index (χ4n) is 6.21. The van der Waals surface area contributed by atoms with E-state index in [-0.39, 0.29) is 0 Å². The van der Waals surface area contributed by atoms with Crippen molar-refractivity contribution in [3.63, 3.8) is 0 Å². The molecule has 0 aliphatic heterocycles. The first-order valence-corrected chi connectivity index (χ1v) is 8.97. The summed E-state index contributed by atoms with van der Waals surface area (Å²) >= 11 is 0. The molecule has 5 rings (SSSR count). The fourth-order valence-corrected chi connectivity index (χ4v) is 6.21. The molecule has 0 aromatic heterocycles. The molecule has 0 heterocycles. The second-order valence-corrected chi connectivity index (χ2v) is 8.54. The molecule has 0 spiro atoms. The average Bonchev–Trinajstić information content (AvgIpc) is 2.30. The first kappa shape index (κ1) is 12.7.